The maximum atomic E-state index is 5.63. The van der Waals surface area contributed by atoms with Crippen molar-refractivity contribution in [1.82, 2.24) is 10.6 Å². The highest BCUT2D eigenvalue weighted by atomic mass is 127. The summed E-state index contributed by atoms with van der Waals surface area (Å²) in [6.07, 6.45) is 1.12. The van der Waals surface area contributed by atoms with Crippen LogP contribution in [0.25, 0.3) is 0 Å². The molecule has 1 aliphatic rings. The summed E-state index contributed by atoms with van der Waals surface area (Å²) in [6, 6.07) is 8.08. The molecule has 0 spiro atoms. The first-order chi connectivity index (χ1) is 8.34. The van der Waals surface area contributed by atoms with Crippen LogP contribution in [0, 0.1) is 6.92 Å². The molecule has 0 fully saturated rings. The third-order valence-electron chi connectivity index (χ3n) is 2.55. The van der Waals surface area contributed by atoms with Gasteiger partial charge in [0, 0.05) is 13.1 Å². The van der Waals surface area contributed by atoms with Crippen LogP contribution < -0.4 is 15.4 Å². The first-order valence-electron chi connectivity index (χ1n) is 6.06. The summed E-state index contributed by atoms with van der Waals surface area (Å²) in [5, 5.41) is 6.43. The Morgan fingerprint density at radius 1 is 1.44 bits per heavy atom. The minimum absolute atomic E-state index is 0. The topological polar surface area (TPSA) is 45.6 Å². The van der Waals surface area contributed by atoms with Gasteiger partial charge in [-0.1, -0.05) is 12.1 Å². The van der Waals surface area contributed by atoms with Gasteiger partial charge in [0.15, 0.2) is 5.96 Å². The molecular formula is C13H20IN3O. The second-order valence-corrected chi connectivity index (χ2v) is 4.10. The number of guanidine groups is 1. The van der Waals surface area contributed by atoms with Crippen LogP contribution in [-0.2, 0) is 0 Å². The van der Waals surface area contributed by atoms with Crippen LogP contribution in [0.1, 0.15) is 12.0 Å². The monoisotopic (exact) mass is 361 g/mol. The summed E-state index contributed by atoms with van der Waals surface area (Å²) >= 11 is 0. The molecule has 0 bridgehead atoms. The molecule has 0 radical (unpaired) electrons. The molecule has 1 aromatic rings. The number of aliphatic imine (C=N–C) groups is 1. The van der Waals surface area contributed by atoms with Gasteiger partial charge in [-0.25, -0.2) is 0 Å². The van der Waals surface area contributed by atoms with Gasteiger partial charge in [-0.05, 0) is 31.0 Å². The van der Waals surface area contributed by atoms with E-state index < -0.39 is 0 Å². The van der Waals surface area contributed by atoms with Crippen LogP contribution in [0.5, 0.6) is 5.75 Å². The van der Waals surface area contributed by atoms with Crippen LogP contribution in [-0.4, -0.2) is 32.2 Å². The van der Waals surface area contributed by atoms with Crippen molar-refractivity contribution in [2.24, 2.45) is 4.99 Å². The fourth-order valence-corrected chi connectivity index (χ4v) is 1.69. The minimum atomic E-state index is 0. The fourth-order valence-electron chi connectivity index (χ4n) is 1.69. The Bertz CT molecular complexity index is 396. The van der Waals surface area contributed by atoms with E-state index in [4.69, 9.17) is 4.74 Å². The van der Waals surface area contributed by atoms with Crippen molar-refractivity contribution in [3.8, 4) is 5.75 Å². The Morgan fingerprint density at radius 3 is 3.06 bits per heavy atom. The van der Waals surface area contributed by atoms with Gasteiger partial charge >= 0.3 is 0 Å². The molecule has 0 amide bonds. The van der Waals surface area contributed by atoms with Gasteiger partial charge in [-0.2, -0.15) is 0 Å². The standard InChI is InChI=1S/C13H19N3O.HI/c1-11-4-2-5-12(10-11)17-9-8-16-13-14-6-3-7-15-13;/h2,4-5,10H,3,6-9H2,1H3,(H2,14,15,16);1H. The molecule has 100 valence electrons. The number of halogens is 1. The summed E-state index contributed by atoms with van der Waals surface area (Å²) in [5.74, 6) is 1.81. The Kier molecular flexibility index (Phi) is 6.85. The number of aryl methyl sites for hydroxylation is 1. The number of hydrogen-bond donors (Lipinski definition) is 2. The molecule has 1 heterocycles. The largest absolute Gasteiger partial charge is 0.492 e. The smallest absolute Gasteiger partial charge is 0.191 e. The van der Waals surface area contributed by atoms with E-state index in [1.165, 1.54) is 5.56 Å². The Morgan fingerprint density at radius 2 is 2.33 bits per heavy atom. The molecule has 0 saturated carbocycles. The zero-order valence-electron chi connectivity index (χ0n) is 10.6. The maximum absolute atomic E-state index is 5.63. The normalized spacial score (nSPS) is 13.9. The van der Waals surface area contributed by atoms with Crippen molar-refractivity contribution in [2.45, 2.75) is 13.3 Å². The van der Waals surface area contributed by atoms with Crippen LogP contribution >= 0.6 is 24.0 Å². The van der Waals surface area contributed by atoms with Crippen LogP contribution in [0.3, 0.4) is 0 Å². The number of rotatable bonds is 4. The van der Waals surface area contributed by atoms with Crippen molar-refractivity contribution >= 4 is 29.9 Å². The third-order valence-corrected chi connectivity index (χ3v) is 2.55. The summed E-state index contributed by atoms with van der Waals surface area (Å²) in [6.45, 7) is 5.38. The summed E-state index contributed by atoms with van der Waals surface area (Å²) in [4.78, 5) is 4.33. The van der Waals surface area contributed by atoms with E-state index in [1.807, 2.05) is 18.2 Å². The lowest BCUT2D eigenvalue weighted by Gasteiger charge is -2.16. The number of hydrogen-bond acceptors (Lipinski definition) is 4. The maximum Gasteiger partial charge on any atom is 0.191 e. The molecule has 0 aromatic heterocycles. The highest BCUT2D eigenvalue weighted by Gasteiger charge is 2.02. The molecule has 1 aromatic carbocycles. The van der Waals surface area contributed by atoms with E-state index >= 15 is 0 Å². The van der Waals surface area contributed by atoms with Crippen LogP contribution in [0.15, 0.2) is 29.3 Å². The summed E-state index contributed by atoms with van der Waals surface area (Å²) < 4.78 is 5.63. The molecule has 0 atom stereocenters. The average Bonchev–Trinajstić information content (AvgIpc) is 2.36. The molecule has 2 rings (SSSR count). The van der Waals surface area contributed by atoms with E-state index in [1.54, 1.807) is 0 Å². The highest BCUT2D eigenvalue weighted by molar-refractivity contribution is 14.0. The molecule has 1 aliphatic heterocycles. The van der Waals surface area contributed by atoms with Crippen LogP contribution in [0.4, 0.5) is 0 Å². The number of benzene rings is 1. The predicted octanol–water partition coefficient (Wildman–Crippen LogP) is 1.93. The number of nitrogens with one attached hydrogen (secondary N) is 2. The van der Waals surface area contributed by atoms with Crippen molar-refractivity contribution in [1.29, 1.82) is 0 Å². The zero-order chi connectivity index (χ0) is 11.9. The molecule has 18 heavy (non-hydrogen) atoms. The predicted molar refractivity (Wildman–Crippen MR) is 85.0 cm³/mol. The van der Waals surface area contributed by atoms with Gasteiger partial charge in [-0.15, -0.1) is 24.0 Å². The second-order valence-electron chi connectivity index (χ2n) is 4.10. The van der Waals surface area contributed by atoms with E-state index in [9.17, 15) is 0 Å². The summed E-state index contributed by atoms with van der Waals surface area (Å²) in [7, 11) is 0. The van der Waals surface area contributed by atoms with E-state index in [-0.39, 0.29) is 24.0 Å². The first-order valence-corrected chi connectivity index (χ1v) is 6.06. The lowest BCUT2D eigenvalue weighted by molar-refractivity contribution is 0.321. The lowest BCUT2D eigenvalue weighted by Crippen LogP contribution is -2.42. The highest BCUT2D eigenvalue weighted by Crippen LogP contribution is 2.11. The SMILES string of the molecule is Cc1cccc(OCCNC2=NCCCN2)c1.I. The molecule has 0 saturated heterocycles. The summed E-state index contributed by atoms with van der Waals surface area (Å²) in [5.41, 5.74) is 1.22. The second kappa shape index (κ2) is 8.18. The van der Waals surface area contributed by atoms with E-state index in [0.717, 1.165) is 37.8 Å². The zero-order valence-corrected chi connectivity index (χ0v) is 12.9. The first kappa shape index (κ1) is 15.1. The Hall–Kier alpha value is -0.980. The quantitative estimate of drug-likeness (QED) is 0.637. The Labute approximate surface area is 125 Å². The molecular weight excluding hydrogens is 341 g/mol. The van der Waals surface area contributed by atoms with Gasteiger partial charge in [-0.3, -0.25) is 4.99 Å². The van der Waals surface area contributed by atoms with Crippen molar-refractivity contribution in [2.75, 3.05) is 26.2 Å². The minimum Gasteiger partial charge on any atom is -0.492 e. The molecule has 4 nitrogen and oxygen atoms in total. The van der Waals surface area contributed by atoms with E-state index in [2.05, 4.69) is 28.6 Å². The number of ether oxygens (including phenoxy) is 1. The van der Waals surface area contributed by atoms with Gasteiger partial charge < -0.3 is 15.4 Å². The van der Waals surface area contributed by atoms with Gasteiger partial charge in [0.25, 0.3) is 0 Å². The molecule has 5 heteroatoms. The van der Waals surface area contributed by atoms with Crippen molar-refractivity contribution in [3.63, 3.8) is 0 Å². The molecule has 0 unspecified atom stereocenters. The molecule has 2 N–H and O–H groups in total. The van der Waals surface area contributed by atoms with Gasteiger partial charge in [0.1, 0.15) is 12.4 Å². The van der Waals surface area contributed by atoms with Gasteiger partial charge in [0.2, 0.25) is 0 Å². The average molecular weight is 361 g/mol. The van der Waals surface area contributed by atoms with Crippen molar-refractivity contribution in [3.05, 3.63) is 29.8 Å². The van der Waals surface area contributed by atoms with E-state index in [0.29, 0.717) is 6.61 Å². The number of nitrogens with zero attached hydrogens (tertiary/aromatic N) is 1. The van der Waals surface area contributed by atoms with Gasteiger partial charge in [0.05, 0.1) is 6.54 Å². The van der Waals surface area contributed by atoms with Crippen LogP contribution in [0.2, 0.25) is 0 Å². The molecule has 0 aliphatic carbocycles. The fraction of sp³-hybridized carbons (Fsp3) is 0.462. The lowest BCUT2D eigenvalue weighted by atomic mass is 10.2. The van der Waals surface area contributed by atoms with Crippen molar-refractivity contribution < 1.29 is 4.74 Å². The Balaban J connectivity index is 0.00000162. The third kappa shape index (κ3) is 5.12.